The largest absolute Gasteiger partial charge is 0.472 e. The summed E-state index contributed by atoms with van der Waals surface area (Å²) in [5.41, 5.74) is 0. The van der Waals surface area contributed by atoms with Gasteiger partial charge in [-0.2, -0.15) is 0 Å². The Hall–Kier alpha value is -0.420. The molecule has 0 rings (SSSR count). The Bertz CT molecular complexity index is 296. The summed E-state index contributed by atoms with van der Waals surface area (Å²) in [6.45, 7) is 6.07. The monoisotopic (exact) mass is 295 g/mol. The number of rotatable bonds is 11. The van der Waals surface area contributed by atoms with Crippen LogP contribution in [0.2, 0.25) is 0 Å². The molecule has 0 aliphatic heterocycles. The molecule has 1 amide bonds. The van der Waals surface area contributed by atoms with Crippen molar-refractivity contribution in [1.29, 1.82) is 0 Å². The van der Waals surface area contributed by atoms with E-state index in [2.05, 4.69) is 5.32 Å². The van der Waals surface area contributed by atoms with Crippen molar-refractivity contribution in [2.75, 3.05) is 13.2 Å². The molecule has 0 saturated carbocycles. The van der Waals surface area contributed by atoms with Crippen molar-refractivity contribution in [2.24, 2.45) is 0 Å². The van der Waals surface area contributed by atoms with Gasteiger partial charge in [0.05, 0.1) is 12.7 Å². The second-order valence-corrected chi connectivity index (χ2v) is 5.98. The van der Waals surface area contributed by atoms with E-state index < -0.39 is 7.82 Å². The lowest BCUT2D eigenvalue weighted by Crippen LogP contribution is -2.23. The van der Waals surface area contributed by atoms with Gasteiger partial charge in [-0.3, -0.25) is 13.8 Å². The number of nitrogens with one attached hydrogen (secondary N) is 1. The molecule has 0 aromatic heterocycles. The van der Waals surface area contributed by atoms with Gasteiger partial charge in [-0.25, -0.2) is 4.57 Å². The van der Waals surface area contributed by atoms with Crippen LogP contribution in [0.5, 0.6) is 0 Å². The molecule has 19 heavy (non-hydrogen) atoms. The number of carbonyl (C=O) groups is 1. The summed E-state index contributed by atoms with van der Waals surface area (Å²) in [7, 11) is -3.88. The molecule has 2 N–H and O–H groups in total. The van der Waals surface area contributed by atoms with Crippen LogP contribution >= 0.6 is 7.82 Å². The van der Waals surface area contributed by atoms with Gasteiger partial charge in [0.15, 0.2) is 0 Å². The maximum Gasteiger partial charge on any atom is 0.472 e. The van der Waals surface area contributed by atoms with Gasteiger partial charge < -0.3 is 10.2 Å². The lowest BCUT2D eigenvalue weighted by molar-refractivity contribution is -0.120. The SMILES string of the molecule is CCC(=O)NCCCCCCOP(=O)(O)OC(C)C. The fraction of sp³-hybridized carbons (Fsp3) is 0.917. The van der Waals surface area contributed by atoms with Crippen molar-refractivity contribution in [1.82, 2.24) is 5.32 Å². The summed E-state index contributed by atoms with van der Waals surface area (Å²) in [6.07, 6.45) is 3.63. The molecule has 7 heteroatoms. The number of phosphoric ester groups is 1. The molecule has 0 aromatic rings. The number of hydrogen-bond acceptors (Lipinski definition) is 4. The van der Waals surface area contributed by atoms with Crippen LogP contribution in [0.4, 0.5) is 0 Å². The van der Waals surface area contributed by atoms with Crippen molar-refractivity contribution in [3.63, 3.8) is 0 Å². The molecule has 1 unspecified atom stereocenters. The zero-order valence-electron chi connectivity index (χ0n) is 12.1. The van der Waals surface area contributed by atoms with E-state index in [9.17, 15) is 14.3 Å². The van der Waals surface area contributed by atoms with Crippen LogP contribution in [-0.2, 0) is 18.4 Å². The highest BCUT2D eigenvalue weighted by Crippen LogP contribution is 2.44. The van der Waals surface area contributed by atoms with Gasteiger partial charge >= 0.3 is 7.82 Å². The van der Waals surface area contributed by atoms with E-state index in [4.69, 9.17) is 9.05 Å². The summed E-state index contributed by atoms with van der Waals surface area (Å²) in [4.78, 5) is 20.2. The topological polar surface area (TPSA) is 84.9 Å². The molecule has 0 aliphatic carbocycles. The summed E-state index contributed by atoms with van der Waals surface area (Å²) in [5, 5.41) is 2.79. The van der Waals surface area contributed by atoms with Crippen molar-refractivity contribution in [2.45, 2.75) is 59.0 Å². The van der Waals surface area contributed by atoms with Crippen LogP contribution in [0.25, 0.3) is 0 Å². The number of unbranched alkanes of at least 4 members (excludes halogenated alkanes) is 3. The average molecular weight is 295 g/mol. The maximum atomic E-state index is 11.3. The zero-order chi connectivity index (χ0) is 14.7. The minimum Gasteiger partial charge on any atom is -0.356 e. The molecule has 0 spiro atoms. The van der Waals surface area contributed by atoms with Gasteiger partial charge in [-0.15, -0.1) is 0 Å². The molecule has 0 fully saturated rings. The Balaban J connectivity index is 3.40. The quantitative estimate of drug-likeness (QED) is 0.452. The van der Waals surface area contributed by atoms with Crippen LogP contribution < -0.4 is 5.32 Å². The molecular weight excluding hydrogens is 269 g/mol. The molecule has 114 valence electrons. The smallest absolute Gasteiger partial charge is 0.356 e. The van der Waals surface area contributed by atoms with E-state index in [-0.39, 0.29) is 18.6 Å². The lowest BCUT2D eigenvalue weighted by Gasteiger charge is -2.14. The molecule has 6 nitrogen and oxygen atoms in total. The molecule has 1 atom stereocenters. The van der Waals surface area contributed by atoms with Gasteiger partial charge in [0.25, 0.3) is 0 Å². The van der Waals surface area contributed by atoms with Gasteiger partial charge in [0.1, 0.15) is 0 Å². The Morgan fingerprint density at radius 1 is 1.26 bits per heavy atom. The highest BCUT2D eigenvalue weighted by molar-refractivity contribution is 7.47. The normalized spacial score (nSPS) is 14.4. The summed E-state index contributed by atoms with van der Waals surface area (Å²) in [6, 6.07) is 0. The van der Waals surface area contributed by atoms with Crippen LogP contribution in [0, 0.1) is 0 Å². The van der Waals surface area contributed by atoms with E-state index in [0.29, 0.717) is 19.4 Å². The molecule has 0 bridgehead atoms. The number of phosphoric acid groups is 1. The van der Waals surface area contributed by atoms with E-state index in [1.807, 2.05) is 6.92 Å². The van der Waals surface area contributed by atoms with Gasteiger partial charge in [0, 0.05) is 13.0 Å². The van der Waals surface area contributed by atoms with Crippen LogP contribution in [0.1, 0.15) is 52.9 Å². The summed E-state index contributed by atoms with van der Waals surface area (Å²) >= 11 is 0. The third-order valence-corrected chi connectivity index (χ3v) is 3.51. The number of amides is 1. The standard InChI is InChI=1S/C12H26NO5P/c1-4-12(14)13-9-7-5-6-8-10-17-19(15,16)18-11(2)3/h11H,4-10H2,1-3H3,(H,13,14)(H,15,16). The fourth-order valence-electron chi connectivity index (χ4n) is 1.41. The minimum atomic E-state index is -3.88. The van der Waals surface area contributed by atoms with Crippen molar-refractivity contribution in [3.8, 4) is 0 Å². The second-order valence-electron chi connectivity index (χ2n) is 4.57. The third-order valence-electron chi connectivity index (χ3n) is 2.31. The first-order valence-electron chi connectivity index (χ1n) is 6.80. The Morgan fingerprint density at radius 3 is 2.47 bits per heavy atom. The lowest BCUT2D eigenvalue weighted by atomic mass is 10.2. The zero-order valence-corrected chi connectivity index (χ0v) is 12.9. The first kappa shape index (κ1) is 18.6. The molecule has 0 heterocycles. The van der Waals surface area contributed by atoms with E-state index in [0.717, 1.165) is 19.3 Å². The Kier molecular flexibility index (Phi) is 10.1. The first-order chi connectivity index (χ1) is 8.87. The fourth-order valence-corrected chi connectivity index (χ4v) is 2.36. The average Bonchev–Trinajstić information content (AvgIpc) is 2.30. The molecule has 0 saturated heterocycles. The molecular formula is C12H26NO5P. The second kappa shape index (κ2) is 10.4. The predicted molar refractivity (Wildman–Crippen MR) is 73.8 cm³/mol. The first-order valence-corrected chi connectivity index (χ1v) is 8.29. The molecule has 0 aromatic carbocycles. The minimum absolute atomic E-state index is 0.0652. The predicted octanol–water partition coefficient (Wildman–Crippen LogP) is 2.62. The van der Waals surface area contributed by atoms with Crippen LogP contribution in [0.3, 0.4) is 0 Å². The summed E-state index contributed by atoms with van der Waals surface area (Å²) < 4.78 is 20.9. The highest BCUT2D eigenvalue weighted by atomic mass is 31.2. The Morgan fingerprint density at radius 2 is 1.89 bits per heavy atom. The molecule has 0 aliphatic rings. The number of hydrogen-bond donors (Lipinski definition) is 2. The van der Waals surface area contributed by atoms with Gasteiger partial charge in [-0.1, -0.05) is 19.8 Å². The maximum absolute atomic E-state index is 11.3. The van der Waals surface area contributed by atoms with Crippen LogP contribution in [-0.4, -0.2) is 30.1 Å². The van der Waals surface area contributed by atoms with Gasteiger partial charge in [-0.05, 0) is 26.7 Å². The van der Waals surface area contributed by atoms with Crippen molar-refractivity contribution >= 4 is 13.7 Å². The van der Waals surface area contributed by atoms with E-state index in [1.165, 1.54) is 0 Å². The highest BCUT2D eigenvalue weighted by Gasteiger charge is 2.21. The van der Waals surface area contributed by atoms with Crippen LogP contribution in [0.15, 0.2) is 0 Å². The molecule has 0 radical (unpaired) electrons. The Labute approximate surface area is 115 Å². The van der Waals surface area contributed by atoms with E-state index >= 15 is 0 Å². The van der Waals surface area contributed by atoms with Crippen molar-refractivity contribution < 1.29 is 23.3 Å². The number of carbonyl (C=O) groups excluding carboxylic acids is 1. The van der Waals surface area contributed by atoms with Gasteiger partial charge in [0.2, 0.25) is 5.91 Å². The summed E-state index contributed by atoms with van der Waals surface area (Å²) in [5.74, 6) is 0.0652. The van der Waals surface area contributed by atoms with E-state index in [1.54, 1.807) is 13.8 Å². The van der Waals surface area contributed by atoms with Crippen molar-refractivity contribution in [3.05, 3.63) is 0 Å². The third kappa shape index (κ3) is 12.4.